The SMILES string of the molecule is CCN(C)C(=O)C(C)NCc1nc2ccccc2c(=O)[nH]1. The van der Waals surface area contributed by atoms with Crippen molar-refractivity contribution in [1.82, 2.24) is 20.2 Å². The van der Waals surface area contributed by atoms with Crippen molar-refractivity contribution in [2.24, 2.45) is 0 Å². The van der Waals surface area contributed by atoms with E-state index >= 15 is 0 Å². The molecule has 0 saturated heterocycles. The zero-order chi connectivity index (χ0) is 15.4. The smallest absolute Gasteiger partial charge is 0.258 e. The minimum atomic E-state index is -0.327. The quantitative estimate of drug-likeness (QED) is 0.856. The van der Waals surface area contributed by atoms with E-state index in [0.717, 1.165) is 0 Å². The van der Waals surface area contributed by atoms with Crippen LogP contribution < -0.4 is 10.9 Å². The largest absolute Gasteiger partial charge is 0.345 e. The zero-order valence-electron chi connectivity index (χ0n) is 12.5. The predicted molar refractivity (Wildman–Crippen MR) is 82.0 cm³/mol. The van der Waals surface area contributed by atoms with E-state index in [1.54, 1.807) is 37.1 Å². The number of benzene rings is 1. The number of fused-ring (bicyclic) bond motifs is 1. The summed E-state index contributed by atoms with van der Waals surface area (Å²) in [5.74, 6) is 0.540. The van der Waals surface area contributed by atoms with Crippen molar-refractivity contribution < 1.29 is 4.79 Å². The molecular formula is C15H20N4O2. The van der Waals surface area contributed by atoms with E-state index < -0.39 is 0 Å². The van der Waals surface area contributed by atoms with Crippen LogP contribution in [0.25, 0.3) is 10.9 Å². The molecule has 0 spiro atoms. The van der Waals surface area contributed by atoms with Crippen molar-refractivity contribution in [3.8, 4) is 0 Å². The number of aromatic amines is 1. The summed E-state index contributed by atoms with van der Waals surface area (Å²) in [5, 5.41) is 3.65. The van der Waals surface area contributed by atoms with Gasteiger partial charge in [0.05, 0.1) is 23.5 Å². The van der Waals surface area contributed by atoms with E-state index in [9.17, 15) is 9.59 Å². The zero-order valence-corrected chi connectivity index (χ0v) is 12.5. The number of carbonyl (C=O) groups is 1. The summed E-state index contributed by atoms with van der Waals surface area (Å²) in [6.45, 7) is 4.72. The molecule has 1 atom stereocenters. The third-order valence-corrected chi connectivity index (χ3v) is 3.46. The molecule has 112 valence electrons. The maximum absolute atomic E-state index is 11.9. The van der Waals surface area contributed by atoms with Crippen LogP contribution in [-0.4, -0.2) is 40.4 Å². The topological polar surface area (TPSA) is 78.1 Å². The van der Waals surface area contributed by atoms with Crippen LogP contribution in [0, 0.1) is 0 Å². The van der Waals surface area contributed by atoms with Gasteiger partial charge in [-0.1, -0.05) is 12.1 Å². The molecule has 1 heterocycles. The molecule has 0 bridgehead atoms. The average molecular weight is 288 g/mol. The Balaban J connectivity index is 2.10. The number of nitrogens with zero attached hydrogens (tertiary/aromatic N) is 2. The number of hydrogen-bond acceptors (Lipinski definition) is 4. The molecule has 0 aliphatic carbocycles. The van der Waals surface area contributed by atoms with E-state index in [1.807, 2.05) is 13.0 Å². The number of para-hydroxylation sites is 1. The van der Waals surface area contributed by atoms with Crippen LogP contribution in [0.5, 0.6) is 0 Å². The Kier molecular flexibility index (Phi) is 4.70. The Morgan fingerprint density at radius 3 is 2.86 bits per heavy atom. The second-order valence-electron chi connectivity index (χ2n) is 4.98. The van der Waals surface area contributed by atoms with Gasteiger partial charge in [-0.2, -0.15) is 0 Å². The molecule has 1 aromatic carbocycles. The van der Waals surface area contributed by atoms with Crippen LogP contribution in [0.3, 0.4) is 0 Å². The Morgan fingerprint density at radius 2 is 2.14 bits per heavy atom. The highest BCUT2D eigenvalue weighted by Gasteiger charge is 2.16. The maximum atomic E-state index is 11.9. The first-order valence-electron chi connectivity index (χ1n) is 6.99. The van der Waals surface area contributed by atoms with Gasteiger partial charge in [0.15, 0.2) is 0 Å². The highest BCUT2D eigenvalue weighted by atomic mass is 16.2. The first-order chi connectivity index (χ1) is 10.0. The summed E-state index contributed by atoms with van der Waals surface area (Å²) in [4.78, 5) is 32.7. The molecule has 21 heavy (non-hydrogen) atoms. The van der Waals surface area contributed by atoms with Crippen LogP contribution in [-0.2, 0) is 11.3 Å². The van der Waals surface area contributed by atoms with Crippen molar-refractivity contribution in [2.75, 3.05) is 13.6 Å². The van der Waals surface area contributed by atoms with Gasteiger partial charge in [-0.25, -0.2) is 4.98 Å². The Hall–Kier alpha value is -2.21. The number of amides is 1. The molecule has 0 saturated carbocycles. The minimum Gasteiger partial charge on any atom is -0.345 e. The summed E-state index contributed by atoms with van der Waals surface area (Å²) >= 11 is 0. The molecule has 0 aliphatic heterocycles. The molecule has 2 N–H and O–H groups in total. The highest BCUT2D eigenvalue weighted by molar-refractivity contribution is 5.81. The fourth-order valence-corrected chi connectivity index (χ4v) is 2.04. The molecule has 2 rings (SSSR count). The predicted octanol–water partition coefficient (Wildman–Crippen LogP) is 0.879. The summed E-state index contributed by atoms with van der Waals surface area (Å²) in [6, 6.07) is 6.85. The van der Waals surface area contributed by atoms with E-state index in [0.29, 0.717) is 29.8 Å². The molecule has 0 radical (unpaired) electrons. The normalized spacial score (nSPS) is 12.3. The molecule has 1 aromatic heterocycles. The van der Waals surface area contributed by atoms with Crippen LogP contribution in [0.1, 0.15) is 19.7 Å². The van der Waals surface area contributed by atoms with E-state index in [2.05, 4.69) is 15.3 Å². The third kappa shape index (κ3) is 3.46. The molecule has 0 fully saturated rings. The summed E-state index contributed by atoms with van der Waals surface area (Å²) in [7, 11) is 1.76. The van der Waals surface area contributed by atoms with Crippen LogP contribution in [0.15, 0.2) is 29.1 Å². The van der Waals surface area contributed by atoms with Crippen LogP contribution >= 0.6 is 0 Å². The number of nitrogens with one attached hydrogen (secondary N) is 2. The minimum absolute atomic E-state index is 0.0145. The highest BCUT2D eigenvalue weighted by Crippen LogP contribution is 2.05. The molecule has 6 heteroatoms. The van der Waals surface area contributed by atoms with Crippen LogP contribution in [0.2, 0.25) is 0 Å². The molecular weight excluding hydrogens is 268 g/mol. The summed E-state index contributed by atoms with van der Waals surface area (Å²) in [6.07, 6.45) is 0. The Morgan fingerprint density at radius 1 is 1.43 bits per heavy atom. The number of carbonyl (C=O) groups excluding carboxylic acids is 1. The van der Waals surface area contributed by atoms with Gasteiger partial charge in [-0.05, 0) is 26.0 Å². The van der Waals surface area contributed by atoms with Gasteiger partial charge in [0.25, 0.3) is 5.56 Å². The van der Waals surface area contributed by atoms with E-state index in [1.165, 1.54) is 0 Å². The molecule has 0 aliphatic rings. The Bertz CT molecular complexity index is 695. The number of hydrogen-bond donors (Lipinski definition) is 2. The lowest BCUT2D eigenvalue weighted by Gasteiger charge is -2.20. The monoisotopic (exact) mass is 288 g/mol. The number of H-pyrrole nitrogens is 1. The lowest BCUT2D eigenvalue weighted by atomic mass is 10.2. The molecule has 6 nitrogen and oxygen atoms in total. The second kappa shape index (κ2) is 6.49. The van der Waals surface area contributed by atoms with Gasteiger partial charge in [-0.15, -0.1) is 0 Å². The van der Waals surface area contributed by atoms with Crippen LogP contribution in [0.4, 0.5) is 0 Å². The van der Waals surface area contributed by atoms with Gasteiger partial charge in [0.2, 0.25) is 5.91 Å². The van der Waals surface area contributed by atoms with Gasteiger partial charge in [0.1, 0.15) is 5.82 Å². The molecule has 1 unspecified atom stereocenters. The van der Waals surface area contributed by atoms with Crippen molar-refractivity contribution >= 4 is 16.8 Å². The molecule has 1 amide bonds. The third-order valence-electron chi connectivity index (χ3n) is 3.46. The maximum Gasteiger partial charge on any atom is 0.258 e. The first kappa shape index (κ1) is 15.2. The molecule has 2 aromatic rings. The average Bonchev–Trinajstić information content (AvgIpc) is 2.51. The lowest BCUT2D eigenvalue weighted by molar-refractivity contribution is -0.131. The lowest BCUT2D eigenvalue weighted by Crippen LogP contribution is -2.43. The van der Waals surface area contributed by atoms with Gasteiger partial charge < -0.3 is 9.88 Å². The number of rotatable bonds is 5. The van der Waals surface area contributed by atoms with E-state index in [-0.39, 0.29) is 17.5 Å². The van der Waals surface area contributed by atoms with Gasteiger partial charge in [-0.3, -0.25) is 14.9 Å². The van der Waals surface area contributed by atoms with Crippen molar-refractivity contribution in [1.29, 1.82) is 0 Å². The number of likely N-dealkylation sites (N-methyl/N-ethyl adjacent to an activating group) is 1. The van der Waals surface area contributed by atoms with Crippen molar-refractivity contribution in [3.63, 3.8) is 0 Å². The fraction of sp³-hybridized carbons (Fsp3) is 0.400. The Labute approximate surface area is 123 Å². The first-order valence-corrected chi connectivity index (χ1v) is 6.99. The second-order valence-corrected chi connectivity index (χ2v) is 4.98. The van der Waals surface area contributed by atoms with Crippen molar-refractivity contribution in [2.45, 2.75) is 26.4 Å². The van der Waals surface area contributed by atoms with E-state index in [4.69, 9.17) is 0 Å². The standard InChI is InChI=1S/C15H20N4O2/c1-4-19(3)15(21)10(2)16-9-13-17-12-8-6-5-7-11(12)14(20)18-13/h5-8,10,16H,4,9H2,1-3H3,(H,17,18,20). The van der Waals surface area contributed by atoms with Gasteiger partial charge in [0, 0.05) is 13.6 Å². The summed E-state index contributed by atoms with van der Waals surface area (Å²) < 4.78 is 0. The van der Waals surface area contributed by atoms with Gasteiger partial charge >= 0.3 is 0 Å². The fourth-order valence-electron chi connectivity index (χ4n) is 2.04. The summed E-state index contributed by atoms with van der Waals surface area (Å²) in [5.41, 5.74) is 0.491. The van der Waals surface area contributed by atoms with Crippen molar-refractivity contribution in [3.05, 3.63) is 40.4 Å². The number of aromatic nitrogens is 2.